The number of ether oxygens (including phenoxy) is 2. The van der Waals surface area contributed by atoms with E-state index >= 15 is 0 Å². The fourth-order valence-corrected chi connectivity index (χ4v) is 4.47. The minimum absolute atomic E-state index is 0.0819. The summed E-state index contributed by atoms with van der Waals surface area (Å²) in [7, 11) is 3.09. The van der Waals surface area contributed by atoms with E-state index < -0.39 is 17.7 Å². The molecule has 1 amide bonds. The lowest BCUT2D eigenvalue weighted by atomic mass is 9.84. The van der Waals surface area contributed by atoms with Gasteiger partial charge in [-0.15, -0.1) is 0 Å². The molecule has 1 unspecified atom stereocenters. The molecule has 4 rings (SSSR count). The zero-order chi connectivity index (χ0) is 26.2. The molecule has 0 radical (unpaired) electrons. The molecule has 36 heavy (non-hydrogen) atoms. The van der Waals surface area contributed by atoms with Crippen LogP contribution < -0.4 is 14.4 Å². The monoisotopic (exact) mass is 487 g/mol. The second-order valence-corrected chi connectivity index (χ2v) is 9.60. The van der Waals surface area contributed by atoms with Crippen molar-refractivity contribution in [2.24, 2.45) is 0 Å². The SMILES string of the molecule is COc1cccc(C2/C(=C(/O)c3ccc(OC)c(C(C)(C)C)c3)C(=O)C(=O)N2c2ccccc2O)c1. The summed E-state index contributed by atoms with van der Waals surface area (Å²) < 4.78 is 10.9. The van der Waals surface area contributed by atoms with Crippen LogP contribution >= 0.6 is 0 Å². The van der Waals surface area contributed by atoms with Crippen molar-refractivity contribution in [3.05, 3.63) is 89.0 Å². The number of para-hydroxylation sites is 2. The largest absolute Gasteiger partial charge is 0.507 e. The van der Waals surface area contributed by atoms with Gasteiger partial charge in [0.25, 0.3) is 11.7 Å². The number of aromatic hydroxyl groups is 1. The first-order valence-corrected chi connectivity index (χ1v) is 11.5. The summed E-state index contributed by atoms with van der Waals surface area (Å²) >= 11 is 0. The smallest absolute Gasteiger partial charge is 0.300 e. The van der Waals surface area contributed by atoms with Gasteiger partial charge in [-0.25, -0.2) is 0 Å². The summed E-state index contributed by atoms with van der Waals surface area (Å²) in [5.74, 6) is -1.00. The van der Waals surface area contributed by atoms with Crippen LogP contribution in [0.3, 0.4) is 0 Å². The number of Topliss-reactive ketones (excluding diaryl/α,β-unsaturated/α-hetero) is 1. The third-order valence-corrected chi connectivity index (χ3v) is 6.28. The van der Waals surface area contributed by atoms with E-state index in [0.717, 1.165) is 5.56 Å². The van der Waals surface area contributed by atoms with Gasteiger partial charge in [-0.3, -0.25) is 14.5 Å². The highest BCUT2D eigenvalue weighted by atomic mass is 16.5. The second kappa shape index (κ2) is 9.41. The van der Waals surface area contributed by atoms with Gasteiger partial charge in [0, 0.05) is 11.1 Å². The van der Waals surface area contributed by atoms with Crippen molar-refractivity contribution < 1.29 is 29.3 Å². The molecule has 0 spiro atoms. The molecule has 1 aliphatic heterocycles. The average molecular weight is 488 g/mol. The molecule has 1 fully saturated rings. The van der Waals surface area contributed by atoms with E-state index in [9.17, 15) is 19.8 Å². The average Bonchev–Trinajstić information content (AvgIpc) is 3.13. The van der Waals surface area contributed by atoms with Crippen LogP contribution in [0, 0.1) is 0 Å². The first kappa shape index (κ1) is 24.9. The van der Waals surface area contributed by atoms with Gasteiger partial charge in [-0.1, -0.05) is 45.0 Å². The lowest BCUT2D eigenvalue weighted by Crippen LogP contribution is -2.29. The number of hydrogen-bond donors (Lipinski definition) is 2. The molecule has 3 aromatic carbocycles. The summed E-state index contributed by atoms with van der Waals surface area (Å²) in [6.07, 6.45) is 0. The Labute approximate surface area is 210 Å². The lowest BCUT2D eigenvalue weighted by molar-refractivity contribution is -0.132. The van der Waals surface area contributed by atoms with Crippen LogP contribution in [0.4, 0.5) is 5.69 Å². The van der Waals surface area contributed by atoms with Crippen LogP contribution in [-0.2, 0) is 15.0 Å². The van der Waals surface area contributed by atoms with Gasteiger partial charge in [0.15, 0.2) is 0 Å². The lowest BCUT2D eigenvalue weighted by Gasteiger charge is -2.26. The van der Waals surface area contributed by atoms with Crippen LogP contribution in [0.15, 0.2) is 72.3 Å². The van der Waals surface area contributed by atoms with Crippen LogP contribution in [-0.4, -0.2) is 36.1 Å². The minimum atomic E-state index is -0.992. The summed E-state index contributed by atoms with van der Waals surface area (Å²) in [5.41, 5.74) is 1.53. The molecule has 0 aliphatic carbocycles. The number of carbonyl (C=O) groups is 2. The molecule has 186 valence electrons. The Balaban J connectivity index is 1.99. The van der Waals surface area contributed by atoms with Crippen LogP contribution in [0.1, 0.15) is 43.5 Å². The third kappa shape index (κ3) is 4.28. The number of aliphatic hydroxyl groups excluding tert-OH is 1. The van der Waals surface area contributed by atoms with Gasteiger partial charge >= 0.3 is 0 Å². The number of hydrogen-bond acceptors (Lipinski definition) is 6. The molecule has 0 aromatic heterocycles. The normalized spacial score (nSPS) is 17.4. The number of benzene rings is 3. The third-order valence-electron chi connectivity index (χ3n) is 6.28. The Morgan fingerprint density at radius 3 is 2.28 bits per heavy atom. The summed E-state index contributed by atoms with van der Waals surface area (Å²) in [5, 5.41) is 22.0. The maximum absolute atomic E-state index is 13.4. The first-order chi connectivity index (χ1) is 17.1. The number of anilines is 1. The molecule has 0 saturated carbocycles. The number of aliphatic hydroxyl groups is 1. The van der Waals surface area contributed by atoms with E-state index in [2.05, 4.69) is 0 Å². The summed E-state index contributed by atoms with van der Waals surface area (Å²) in [4.78, 5) is 28.0. The van der Waals surface area contributed by atoms with Gasteiger partial charge in [-0.2, -0.15) is 0 Å². The number of ketones is 1. The molecule has 1 aliphatic rings. The molecule has 1 atom stereocenters. The van der Waals surface area contributed by atoms with Crippen molar-refractivity contribution in [1.29, 1.82) is 0 Å². The molecule has 0 bridgehead atoms. The van der Waals surface area contributed by atoms with Crippen LogP contribution in [0.5, 0.6) is 17.2 Å². The Morgan fingerprint density at radius 2 is 1.64 bits per heavy atom. The molecule has 3 aromatic rings. The molecule has 2 N–H and O–H groups in total. The number of nitrogens with zero attached hydrogens (tertiary/aromatic N) is 1. The van der Waals surface area contributed by atoms with Crippen LogP contribution in [0.25, 0.3) is 5.76 Å². The van der Waals surface area contributed by atoms with E-state index in [1.54, 1.807) is 67.8 Å². The van der Waals surface area contributed by atoms with E-state index in [1.165, 1.54) is 18.1 Å². The Kier molecular flexibility index (Phi) is 6.50. The zero-order valence-electron chi connectivity index (χ0n) is 20.9. The van der Waals surface area contributed by atoms with E-state index in [4.69, 9.17) is 9.47 Å². The molecule has 1 heterocycles. The second-order valence-electron chi connectivity index (χ2n) is 9.60. The Morgan fingerprint density at radius 1 is 0.917 bits per heavy atom. The Bertz CT molecular complexity index is 1370. The number of rotatable bonds is 5. The predicted molar refractivity (Wildman–Crippen MR) is 138 cm³/mol. The number of carbonyl (C=O) groups excluding carboxylic acids is 2. The maximum atomic E-state index is 13.4. The predicted octanol–water partition coefficient (Wildman–Crippen LogP) is 5.33. The molecule has 1 saturated heterocycles. The first-order valence-electron chi connectivity index (χ1n) is 11.5. The zero-order valence-corrected chi connectivity index (χ0v) is 20.9. The van der Waals surface area contributed by atoms with Crippen molar-refractivity contribution >= 4 is 23.1 Å². The number of phenolic OH excluding ortho intramolecular Hbond substituents is 1. The van der Waals surface area contributed by atoms with Crippen molar-refractivity contribution in [1.82, 2.24) is 0 Å². The van der Waals surface area contributed by atoms with Gasteiger partial charge in [0.05, 0.1) is 31.5 Å². The highest BCUT2D eigenvalue weighted by molar-refractivity contribution is 6.51. The minimum Gasteiger partial charge on any atom is -0.507 e. The molecular weight excluding hydrogens is 458 g/mol. The van der Waals surface area contributed by atoms with Gasteiger partial charge in [-0.05, 0) is 53.4 Å². The van der Waals surface area contributed by atoms with Crippen molar-refractivity contribution in [2.45, 2.75) is 32.2 Å². The van der Waals surface area contributed by atoms with E-state index in [1.807, 2.05) is 20.8 Å². The fourth-order valence-electron chi connectivity index (χ4n) is 4.47. The molecular formula is C29H29NO6. The quantitative estimate of drug-likeness (QED) is 0.287. The molecule has 7 nitrogen and oxygen atoms in total. The van der Waals surface area contributed by atoms with Gasteiger partial charge in [0.1, 0.15) is 23.0 Å². The maximum Gasteiger partial charge on any atom is 0.300 e. The van der Waals surface area contributed by atoms with Crippen molar-refractivity contribution in [2.75, 3.05) is 19.1 Å². The van der Waals surface area contributed by atoms with E-state index in [0.29, 0.717) is 22.6 Å². The van der Waals surface area contributed by atoms with E-state index in [-0.39, 0.29) is 28.2 Å². The highest BCUT2D eigenvalue weighted by Gasteiger charge is 2.47. The van der Waals surface area contributed by atoms with Crippen molar-refractivity contribution in [3.8, 4) is 17.2 Å². The summed E-state index contributed by atoms with van der Waals surface area (Å²) in [6.45, 7) is 6.05. The summed E-state index contributed by atoms with van der Waals surface area (Å²) in [6, 6.07) is 17.4. The van der Waals surface area contributed by atoms with Crippen LogP contribution in [0.2, 0.25) is 0 Å². The fraction of sp³-hybridized carbons (Fsp3) is 0.241. The Hall–Kier alpha value is -4.26. The topological polar surface area (TPSA) is 96.3 Å². The molecule has 7 heteroatoms. The number of methoxy groups -OCH3 is 2. The highest BCUT2D eigenvalue weighted by Crippen LogP contribution is 2.45. The van der Waals surface area contributed by atoms with Crippen molar-refractivity contribution in [3.63, 3.8) is 0 Å². The standard InChI is InChI=1S/C29H29NO6/c1-29(2,3)20-16-18(13-14-23(20)36-5)26(32)24-25(17-9-8-10-19(15-17)35-4)30(28(34)27(24)33)21-11-6-7-12-22(21)31/h6-16,25,31-32H,1-5H3/b26-24-. The number of amides is 1. The number of phenols is 1. The van der Waals surface area contributed by atoms with Gasteiger partial charge < -0.3 is 19.7 Å². The van der Waals surface area contributed by atoms with Gasteiger partial charge in [0.2, 0.25) is 0 Å².